The van der Waals surface area contributed by atoms with Crippen LogP contribution in [0.15, 0.2) is 36.4 Å². The third-order valence-corrected chi connectivity index (χ3v) is 4.42. The number of nitrogens with zero attached hydrogens (tertiary/aromatic N) is 1. The molecule has 24 heavy (non-hydrogen) atoms. The van der Waals surface area contributed by atoms with Crippen LogP contribution in [0.2, 0.25) is 4.34 Å². The monoisotopic (exact) mass is 374 g/mol. The van der Waals surface area contributed by atoms with Crippen molar-refractivity contribution in [1.29, 1.82) is 0 Å². The lowest BCUT2D eigenvalue weighted by molar-refractivity contribution is -0.0498. The molecule has 0 radical (unpaired) electrons. The van der Waals surface area contributed by atoms with E-state index in [0.29, 0.717) is 23.8 Å². The summed E-state index contributed by atoms with van der Waals surface area (Å²) in [5.41, 5.74) is 0.921. The van der Waals surface area contributed by atoms with E-state index in [0.717, 1.165) is 10.4 Å². The Morgan fingerprint density at radius 2 is 2.00 bits per heavy atom. The van der Waals surface area contributed by atoms with Crippen LogP contribution < -0.4 is 10.1 Å². The molecule has 0 aliphatic carbocycles. The van der Waals surface area contributed by atoms with E-state index in [2.05, 4.69) is 10.1 Å². The Morgan fingerprint density at radius 1 is 1.29 bits per heavy atom. The second kappa shape index (κ2) is 8.84. The first kappa shape index (κ1) is 18.5. The number of carbonyl (C=O) groups excluding carboxylic acids is 1. The summed E-state index contributed by atoms with van der Waals surface area (Å²) >= 11 is 7.30. The summed E-state index contributed by atoms with van der Waals surface area (Å²) in [5.74, 6) is 0.118. The van der Waals surface area contributed by atoms with Gasteiger partial charge >= 0.3 is 12.6 Å². The third kappa shape index (κ3) is 5.98. The van der Waals surface area contributed by atoms with Crippen LogP contribution in [-0.4, -0.2) is 31.1 Å². The first-order chi connectivity index (χ1) is 11.4. The Labute approximate surface area is 148 Å². The number of benzene rings is 1. The zero-order chi connectivity index (χ0) is 17.5. The van der Waals surface area contributed by atoms with Crippen LogP contribution >= 0.6 is 22.9 Å². The van der Waals surface area contributed by atoms with Gasteiger partial charge in [0.05, 0.1) is 10.9 Å². The molecule has 0 spiro atoms. The number of hydrogen-bond donors (Lipinski definition) is 1. The lowest BCUT2D eigenvalue weighted by Gasteiger charge is -2.17. The first-order valence-electron chi connectivity index (χ1n) is 7.21. The van der Waals surface area contributed by atoms with Crippen molar-refractivity contribution in [2.75, 3.05) is 13.6 Å². The van der Waals surface area contributed by atoms with Crippen molar-refractivity contribution in [3.63, 3.8) is 0 Å². The number of amides is 2. The van der Waals surface area contributed by atoms with E-state index >= 15 is 0 Å². The van der Waals surface area contributed by atoms with Crippen LogP contribution in [0.4, 0.5) is 13.6 Å². The molecule has 0 fully saturated rings. The molecule has 1 aromatic carbocycles. The fourth-order valence-corrected chi connectivity index (χ4v) is 3.17. The summed E-state index contributed by atoms with van der Waals surface area (Å²) in [6.07, 6.45) is 0.597. The fraction of sp³-hybridized carbons (Fsp3) is 0.312. The molecular weight excluding hydrogens is 358 g/mol. The summed E-state index contributed by atoms with van der Waals surface area (Å²) in [4.78, 5) is 14.6. The summed E-state index contributed by atoms with van der Waals surface area (Å²) < 4.78 is 29.1. The number of halogens is 3. The molecule has 0 bridgehead atoms. The largest absolute Gasteiger partial charge is 0.435 e. The van der Waals surface area contributed by atoms with E-state index in [1.54, 1.807) is 30.1 Å². The maximum Gasteiger partial charge on any atom is 0.387 e. The van der Waals surface area contributed by atoms with Gasteiger partial charge in [0.1, 0.15) is 5.75 Å². The normalized spacial score (nSPS) is 10.7. The highest BCUT2D eigenvalue weighted by atomic mass is 35.5. The van der Waals surface area contributed by atoms with Gasteiger partial charge < -0.3 is 15.0 Å². The zero-order valence-corrected chi connectivity index (χ0v) is 14.5. The molecule has 2 aromatic rings. The van der Waals surface area contributed by atoms with Gasteiger partial charge in [0.2, 0.25) is 0 Å². The number of nitrogens with one attached hydrogen (secondary N) is 1. The highest BCUT2D eigenvalue weighted by Crippen LogP contribution is 2.22. The number of ether oxygens (including phenoxy) is 1. The Hall–Kier alpha value is -1.86. The van der Waals surface area contributed by atoms with Gasteiger partial charge in [-0.3, -0.25) is 0 Å². The van der Waals surface area contributed by atoms with Gasteiger partial charge in [-0.15, -0.1) is 11.3 Å². The molecule has 8 heteroatoms. The third-order valence-electron chi connectivity index (χ3n) is 3.21. The van der Waals surface area contributed by atoms with Gasteiger partial charge in [-0.25, -0.2) is 4.79 Å². The number of urea groups is 1. The van der Waals surface area contributed by atoms with Crippen molar-refractivity contribution in [2.45, 2.75) is 19.6 Å². The van der Waals surface area contributed by atoms with Crippen LogP contribution in [0.1, 0.15) is 10.4 Å². The molecule has 0 unspecified atom stereocenters. The predicted molar refractivity (Wildman–Crippen MR) is 91.0 cm³/mol. The molecule has 0 aliphatic rings. The quantitative estimate of drug-likeness (QED) is 0.781. The Balaban J connectivity index is 1.73. The molecule has 0 saturated carbocycles. The molecular formula is C16H17ClF2N2O2S. The average Bonchev–Trinajstić information content (AvgIpc) is 2.93. The van der Waals surface area contributed by atoms with E-state index < -0.39 is 6.61 Å². The number of alkyl halides is 2. The minimum absolute atomic E-state index is 0.118. The maximum atomic E-state index is 12.1. The van der Waals surface area contributed by atoms with Crippen LogP contribution in [-0.2, 0) is 13.0 Å². The smallest absolute Gasteiger partial charge is 0.387 e. The van der Waals surface area contributed by atoms with E-state index in [4.69, 9.17) is 11.6 Å². The van der Waals surface area contributed by atoms with Gasteiger partial charge in [0.25, 0.3) is 0 Å². The van der Waals surface area contributed by atoms with E-state index in [1.807, 2.05) is 6.07 Å². The van der Waals surface area contributed by atoms with Gasteiger partial charge in [-0.2, -0.15) is 8.78 Å². The Bertz CT molecular complexity index is 664. The molecule has 1 heterocycles. The Kier molecular flexibility index (Phi) is 6.81. The lowest BCUT2D eigenvalue weighted by atomic mass is 10.1. The van der Waals surface area contributed by atoms with Crippen LogP contribution in [0.5, 0.6) is 5.75 Å². The summed E-state index contributed by atoms with van der Waals surface area (Å²) in [6, 6.07) is 9.86. The van der Waals surface area contributed by atoms with Crippen molar-refractivity contribution < 1.29 is 18.3 Å². The zero-order valence-electron chi connectivity index (χ0n) is 13.0. The second-order valence-electron chi connectivity index (χ2n) is 5.07. The van der Waals surface area contributed by atoms with Gasteiger partial charge in [-0.1, -0.05) is 23.7 Å². The van der Waals surface area contributed by atoms with Crippen LogP contribution in [0.25, 0.3) is 0 Å². The van der Waals surface area contributed by atoms with Crippen LogP contribution in [0, 0.1) is 0 Å². The van der Waals surface area contributed by atoms with E-state index in [-0.39, 0.29) is 11.8 Å². The maximum absolute atomic E-state index is 12.1. The highest BCUT2D eigenvalue weighted by molar-refractivity contribution is 7.16. The molecule has 1 aromatic heterocycles. The standard InChI is InChI=1S/C16H17ClF2N2O2S/c1-21(10-13-6-7-14(17)24-13)16(22)20-9-8-11-2-4-12(5-3-11)23-15(18)19/h2-7,15H,8-10H2,1H3,(H,20,22). The molecule has 0 aliphatic heterocycles. The van der Waals surface area contributed by atoms with Crippen LogP contribution in [0.3, 0.4) is 0 Å². The minimum Gasteiger partial charge on any atom is -0.435 e. The first-order valence-corrected chi connectivity index (χ1v) is 8.40. The molecule has 2 rings (SSSR count). The van der Waals surface area contributed by atoms with Crippen molar-refractivity contribution in [3.05, 3.63) is 51.2 Å². The predicted octanol–water partition coefficient (Wildman–Crippen LogP) is 4.39. The molecule has 0 atom stereocenters. The van der Waals surface area contributed by atoms with Gasteiger partial charge in [0, 0.05) is 18.5 Å². The molecule has 0 saturated heterocycles. The van der Waals surface area contributed by atoms with E-state index in [9.17, 15) is 13.6 Å². The topological polar surface area (TPSA) is 41.6 Å². The number of thiophene rings is 1. The van der Waals surface area contributed by atoms with Gasteiger partial charge in [-0.05, 0) is 36.2 Å². The minimum atomic E-state index is -2.83. The molecule has 130 valence electrons. The van der Waals surface area contributed by atoms with Crippen molar-refractivity contribution in [1.82, 2.24) is 10.2 Å². The van der Waals surface area contributed by atoms with Crippen molar-refractivity contribution >= 4 is 29.0 Å². The highest BCUT2D eigenvalue weighted by Gasteiger charge is 2.10. The molecule has 2 amide bonds. The second-order valence-corrected chi connectivity index (χ2v) is 6.87. The van der Waals surface area contributed by atoms with E-state index in [1.165, 1.54) is 23.5 Å². The number of rotatable bonds is 7. The van der Waals surface area contributed by atoms with Crippen molar-refractivity contribution in [3.8, 4) is 5.75 Å². The average molecular weight is 375 g/mol. The number of hydrogen-bond acceptors (Lipinski definition) is 3. The summed E-state index contributed by atoms with van der Waals surface area (Å²) in [6.45, 7) is -1.89. The fourth-order valence-electron chi connectivity index (χ4n) is 2.03. The molecule has 4 nitrogen and oxygen atoms in total. The Morgan fingerprint density at radius 3 is 2.58 bits per heavy atom. The summed E-state index contributed by atoms with van der Waals surface area (Å²) in [7, 11) is 1.71. The SMILES string of the molecule is CN(Cc1ccc(Cl)s1)C(=O)NCCc1ccc(OC(F)F)cc1. The number of carbonyl (C=O) groups is 1. The van der Waals surface area contributed by atoms with Crippen molar-refractivity contribution in [2.24, 2.45) is 0 Å². The summed E-state index contributed by atoms with van der Waals surface area (Å²) in [5, 5.41) is 2.81. The lowest BCUT2D eigenvalue weighted by Crippen LogP contribution is -2.37. The van der Waals surface area contributed by atoms with Gasteiger partial charge in [0.15, 0.2) is 0 Å². The molecule has 1 N–H and O–H groups in total.